The average molecular weight is 270 g/mol. The predicted octanol–water partition coefficient (Wildman–Crippen LogP) is 4.53. The fourth-order valence-electron chi connectivity index (χ4n) is 1.90. The van der Waals surface area contributed by atoms with E-state index >= 15 is 0 Å². The molecule has 0 unspecified atom stereocenters. The number of rotatable bonds is 5. The second-order valence-corrected chi connectivity index (χ2v) is 5.88. The molecule has 19 heavy (non-hydrogen) atoms. The highest BCUT2D eigenvalue weighted by Crippen LogP contribution is 2.18. The first-order valence-electron chi connectivity index (χ1n) is 6.50. The molecular weight excluding hydrogens is 252 g/mol. The summed E-state index contributed by atoms with van der Waals surface area (Å²) < 4.78 is 0. The fourth-order valence-corrected chi connectivity index (χ4v) is 2.56. The Morgan fingerprint density at radius 2 is 1.63 bits per heavy atom. The molecule has 2 heteroatoms. The van der Waals surface area contributed by atoms with Crippen LogP contribution in [0.3, 0.4) is 0 Å². The molecule has 2 aromatic carbocycles. The molecule has 0 fully saturated rings. The molecule has 2 rings (SSSR count). The Kier molecular flexibility index (Phi) is 4.80. The molecule has 0 aliphatic carbocycles. The first kappa shape index (κ1) is 13.9. The fraction of sp³-hybridized carbons (Fsp3) is 0.235. The van der Waals surface area contributed by atoms with Crippen molar-refractivity contribution < 1.29 is 4.79 Å². The van der Waals surface area contributed by atoms with Gasteiger partial charge in [0.2, 0.25) is 0 Å². The number of aryl methyl sites for hydroxylation is 1. The molecule has 1 nitrogen and oxygen atoms in total. The highest BCUT2D eigenvalue weighted by atomic mass is 32.2. The molecule has 0 spiro atoms. The van der Waals surface area contributed by atoms with Crippen LogP contribution in [0, 0.1) is 6.92 Å². The molecular formula is C17H18OS. The third-order valence-corrected chi connectivity index (χ3v) is 3.87. The lowest BCUT2D eigenvalue weighted by Gasteiger charge is -2.04. The maximum atomic E-state index is 12.2. The zero-order chi connectivity index (χ0) is 13.7. The van der Waals surface area contributed by atoms with E-state index in [1.807, 2.05) is 48.5 Å². The Bertz CT molecular complexity index is 540. The monoisotopic (exact) mass is 270 g/mol. The van der Waals surface area contributed by atoms with E-state index in [0.717, 1.165) is 16.9 Å². The maximum absolute atomic E-state index is 12.2. The molecule has 0 amide bonds. The van der Waals surface area contributed by atoms with Crippen molar-refractivity contribution >= 4 is 17.5 Å². The van der Waals surface area contributed by atoms with Crippen LogP contribution in [0.4, 0.5) is 0 Å². The van der Waals surface area contributed by atoms with Crippen molar-refractivity contribution in [2.24, 2.45) is 0 Å². The smallest absolute Gasteiger partial charge is 0.167 e. The molecule has 0 heterocycles. The van der Waals surface area contributed by atoms with E-state index in [4.69, 9.17) is 0 Å². The number of ketones is 1. The summed E-state index contributed by atoms with van der Waals surface area (Å²) in [4.78, 5) is 13.4. The van der Waals surface area contributed by atoms with Crippen molar-refractivity contribution in [2.45, 2.75) is 25.2 Å². The van der Waals surface area contributed by atoms with Crippen LogP contribution in [-0.4, -0.2) is 11.5 Å². The molecule has 2 aromatic rings. The van der Waals surface area contributed by atoms with Crippen LogP contribution >= 0.6 is 11.8 Å². The number of thioether (sulfide) groups is 1. The first-order chi connectivity index (χ1) is 9.19. The number of benzene rings is 2. The second-order valence-electron chi connectivity index (χ2n) is 4.54. The lowest BCUT2D eigenvalue weighted by molar-refractivity contribution is 0.0993. The van der Waals surface area contributed by atoms with Gasteiger partial charge in [0.15, 0.2) is 5.78 Å². The lowest BCUT2D eigenvalue weighted by atomic mass is 10.0. The largest absolute Gasteiger partial charge is 0.294 e. The van der Waals surface area contributed by atoms with Crippen LogP contribution in [0.15, 0.2) is 53.4 Å². The maximum Gasteiger partial charge on any atom is 0.167 e. The topological polar surface area (TPSA) is 17.1 Å². The number of hydrogen-bond donors (Lipinski definition) is 0. The van der Waals surface area contributed by atoms with E-state index < -0.39 is 0 Å². The zero-order valence-corrected chi connectivity index (χ0v) is 12.2. The quantitative estimate of drug-likeness (QED) is 0.586. The van der Waals surface area contributed by atoms with Crippen molar-refractivity contribution in [1.82, 2.24) is 0 Å². The van der Waals surface area contributed by atoms with Gasteiger partial charge >= 0.3 is 0 Å². The van der Waals surface area contributed by atoms with E-state index in [1.165, 1.54) is 10.5 Å². The SMILES string of the molecule is CCSc1ccc(C(=O)Cc2ccc(C)cc2)cc1. The van der Waals surface area contributed by atoms with Gasteiger partial charge in [0.05, 0.1) is 0 Å². The minimum atomic E-state index is 0.178. The Balaban J connectivity index is 2.05. The minimum Gasteiger partial charge on any atom is -0.294 e. The molecule has 0 aromatic heterocycles. The Labute approximate surface area is 119 Å². The molecule has 98 valence electrons. The predicted molar refractivity (Wildman–Crippen MR) is 82.1 cm³/mol. The zero-order valence-electron chi connectivity index (χ0n) is 11.3. The molecule has 0 saturated heterocycles. The number of carbonyl (C=O) groups excluding carboxylic acids is 1. The Hall–Kier alpha value is -1.54. The summed E-state index contributed by atoms with van der Waals surface area (Å²) in [6.45, 7) is 4.18. The lowest BCUT2D eigenvalue weighted by Crippen LogP contribution is -2.03. The minimum absolute atomic E-state index is 0.178. The van der Waals surface area contributed by atoms with Crippen LogP contribution in [0.25, 0.3) is 0 Å². The normalized spacial score (nSPS) is 10.4. The van der Waals surface area contributed by atoms with E-state index in [-0.39, 0.29) is 5.78 Å². The van der Waals surface area contributed by atoms with Crippen molar-refractivity contribution in [3.8, 4) is 0 Å². The summed E-state index contributed by atoms with van der Waals surface area (Å²) >= 11 is 1.79. The summed E-state index contributed by atoms with van der Waals surface area (Å²) in [7, 11) is 0. The van der Waals surface area contributed by atoms with Gasteiger partial charge in [0, 0.05) is 16.9 Å². The third-order valence-electron chi connectivity index (χ3n) is 2.97. The van der Waals surface area contributed by atoms with Crippen LogP contribution < -0.4 is 0 Å². The first-order valence-corrected chi connectivity index (χ1v) is 7.49. The van der Waals surface area contributed by atoms with Crippen LogP contribution in [0.1, 0.15) is 28.4 Å². The van der Waals surface area contributed by atoms with Crippen LogP contribution in [0.5, 0.6) is 0 Å². The van der Waals surface area contributed by atoms with E-state index in [9.17, 15) is 4.79 Å². The van der Waals surface area contributed by atoms with Gasteiger partial charge < -0.3 is 0 Å². The highest BCUT2D eigenvalue weighted by molar-refractivity contribution is 7.99. The van der Waals surface area contributed by atoms with E-state index in [2.05, 4.69) is 13.8 Å². The molecule has 0 aliphatic heterocycles. The molecule has 0 radical (unpaired) electrons. The van der Waals surface area contributed by atoms with Gasteiger partial charge in [-0.15, -0.1) is 11.8 Å². The molecule has 0 aliphatic rings. The van der Waals surface area contributed by atoms with Gasteiger partial charge in [-0.1, -0.05) is 48.9 Å². The Morgan fingerprint density at radius 1 is 1.00 bits per heavy atom. The van der Waals surface area contributed by atoms with Gasteiger partial charge in [0.1, 0.15) is 0 Å². The van der Waals surface area contributed by atoms with Crippen molar-refractivity contribution in [3.63, 3.8) is 0 Å². The van der Waals surface area contributed by atoms with Crippen molar-refractivity contribution in [1.29, 1.82) is 0 Å². The second kappa shape index (κ2) is 6.58. The summed E-state index contributed by atoms with van der Waals surface area (Å²) in [5, 5.41) is 0. The van der Waals surface area contributed by atoms with Gasteiger partial charge in [-0.25, -0.2) is 0 Å². The average Bonchev–Trinajstić information content (AvgIpc) is 2.42. The molecule has 0 atom stereocenters. The molecule has 0 bridgehead atoms. The Morgan fingerprint density at radius 3 is 2.21 bits per heavy atom. The van der Waals surface area contributed by atoms with Gasteiger partial charge in [-0.2, -0.15) is 0 Å². The summed E-state index contributed by atoms with van der Waals surface area (Å²) in [5.74, 6) is 1.23. The van der Waals surface area contributed by atoms with Crippen molar-refractivity contribution in [2.75, 3.05) is 5.75 Å². The molecule has 0 saturated carbocycles. The van der Waals surface area contributed by atoms with Gasteiger partial charge in [0.25, 0.3) is 0 Å². The van der Waals surface area contributed by atoms with Gasteiger partial charge in [-0.3, -0.25) is 4.79 Å². The third kappa shape index (κ3) is 3.97. The number of hydrogen-bond acceptors (Lipinski definition) is 2. The number of carbonyl (C=O) groups is 1. The number of Topliss-reactive ketones (excluding diaryl/α,β-unsaturated/α-hetero) is 1. The molecule has 0 N–H and O–H groups in total. The van der Waals surface area contributed by atoms with E-state index in [0.29, 0.717) is 6.42 Å². The van der Waals surface area contributed by atoms with Crippen LogP contribution in [-0.2, 0) is 6.42 Å². The summed E-state index contributed by atoms with van der Waals surface area (Å²) in [5.41, 5.74) is 3.08. The summed E-state index contributed by atoms with van der Waals surface area (Å²) in [6, 6.07) is 16.0. The standard InChI is InChI=1S/C17H18OS/c1-3-19-16-10-8-15(9-11-16)17(18)12-14-6-4-13(2)5-7-14/h4-11H,3,12H2,1-2H3. The van der Waals surface area contributed by atoms with Crippen molar-refractivity contribution in [3.05, 3.63) is 65.2 Å². The summed E-state index contributed by atoms with van der Waals surface area (Å²) in [6.07, 6.45) is 0.473. The highest BCUT2D eigenvalue weighted by Gasteiger charge is 2.07. The van der Waals surface area contributed by atoms with Crippen LogP contribution in [0.2, 0.25) is 0 Å². The van der Waals surface area contributed by atoms with Gasteiger partial charge in [-0.05, 0) is 30.4 Å². The van der Waals surface area contributed by atoms with E-state index in [1.54, 1.807) is 11.8 Å².